The number of hydrogen-bond acceptors (Lipinski definition) is 2. The Morgan fingerprint density at radius 1 is 1.24 bits per heavy atom. The minimum Gasteiger partial charge on any atom is -0.480 e. The highest BCUT2D eigenvalue weighted by Gasteiger charge is 2.35. The zero-order chi connectivity index (χ0) is 16.0. The van der Waals surface area contributed by atoms with Gasteiger partial charge in [0, 0.05) is 6.08 Å². The number of carboxylic acid groups (broad SMARTS) is 1. The van der Waals surface area contributed by atoms with Crippen LogP contribution in [0.1, 0.15) is 32.3 Å². The van der Waals surface area contributed by atoms with Gasteiger partial charge in [-0.05, 0) is 36.6 Å². The van der Waals surface area contributed by atoms with Crippen LogP contribution < -0.4 is 5.32 Å². The fourth-order valence-corrected chi connectivity index (χ4v) is 2.15. The molecule has 0 unspecified atom stereocenters. The summed E-state index contributed by atoms with van der Waals surface area (Å²) in [6, 6.07) is 4.96. The molecule has 2 N–H and O–H groups in total. The van der Waals surface area contributed by atoms with E-state index in [1.807, 2.05) is 0 Å². The van der Waals surface area contributed by atoms with E-state index < -0.39 is 17.4 Å². The Bertz CT molecular complexity index is 566. The molecule has 1 amide bonds. The molecule has 0 aromatic heterocycles. The lowest BCUT2D eigenvalue weighted by atomic mass is 9.93. The van der Waals surface area contributed by atoms with Crippen LogP contribution in [-0.2, 0) is 9.59 Å². The maximum Gasteiger partial charge on any atom is 0.329 e. The van der Waals surface area contributed by atoms with E-state index in [4.69, 9.17) is 23.2 Å². The number of benzene rings is 1. The van der Waals surface area contributed by atoms with E-state index in [1.165, 1.54) is 6.08 Å². The van der Waals surface area contributed by atoms with Gasteiger partial charge < -0.3 is 10.4 Å². The molecular weight excluding hydrogens is 313 g/mol. The van der Waals surface area contributed by atoms with Crippen LogP contribution in [0.5, 0.6) is 0 Å². The molecule has 21 heavy (non-hydrogen) atoms. The van der Waals surface area contributed by atoms with E-state index in [2.05, 4.69) is 5.32 Å². The maximum absolute atomic E-state index is 11.9. The summed E-state index contributed by atoms with van der Waals surface area (Å²) in [5.74, 6) is -1.50. The molecule has 6 heteroatoms. The van der Waals surface area contributed by atoms with Crippen LogP contribution in [0.2, 0.25) is 10.0 Å². The molecule has 0 aliphatic heterocycles. The monoisotopic (exact) mass is 329 g/mol. The van der Waals surface area contributed by atoms with Gasteiger partial charge in [-0.15, -0.1) is 0 Å². The Hall–Kier alpha value is -1.52. The van der Waals surface area contributed by atoms with Gasteiger partial charge in [0.1, 0.15) is 5.54 Å². The molecule has 1 aromatic carbocycles. The van der Waals surface area contributed by atoms with Crippen molar-refractivity contribution in [3.8, 4) is 0 Å². The lowest BCUT2D eigenvalue weighted by Gasteiger charge is -2.27. The van der Waals surface area contributed by atoms with Gasteiger partial charge in [0.2, 0.25) is 5.91 Å². The second kappa shape index (κ2) is 7.48. The Morgan fingerprint density at radius 2 is 1.86 bits per heavy atom. The highest BCUT2D eigenvalue weighted by molar-refractivity contribution is 6.42. The largest absolute Gasteiger partial charge is 0.480 e. The summed E-state index contributed by atoms with van der Waals surface area (Å²) in [5.41, 5.74) is -0.535. The van der Waals surface area contributed by atoms with E-state index in [9.17, 15) is 14.7 Å². The van der Waals surface area contributed by atoms with E-state index in [0.29, 0.717) is 28.5 Å². The van der Waals surface area contributed by atoms with Crippen molar-refractivity contribution in [3.05, 3.63) is 39.9 Å². The maximum atomic E-state index is 11.9. The van der Waals surface area contributed by atoms with E-state index >= 15 is 0 Å². The number of carboxylic acids is 1. The summed E-state index contributed by atoms with van der Waals surface area (Å²) >= 11 is 11.7. The number of amides is 1. The first kappa shape index (κ1) is 17.5. The highest BCUT2D eigenvalue weighted by atomic mass is 35.5. The van der Waals surface area contributed by atoms with Crippen molar-refractivity contribution in [2.75, 3.05) is 0 Å². The molecule has 1 aromatic rings. The van der Waals surface area contributed by atoms with Crippen LogP contribution in [0.25, 0.3) is 6.08 Å². The first-order valence-electron chi connectivity index (χ1n) is 6.53. The average molecular weight is 330 g/mol. The van der Waals surface area contributed by atoms with E-state index in [-0.39, 0.29) is 0 Å². The smallest absolute Gasteiger partial charge is 0.329 e. The highest BCUT2D eigenvalue weighted by Crippen LogP contribution is 2.23. The fourth-order valence-electron chi connectivity index (χ4n) is 1.85. The second-order valence-electron chi connectivity index (χ2n) is 4.59. The van der Waals surface area contributed by atoms with Gasteiger partial charge in [0.15, 0.2) is 0 Å². The molecule has 0 heterocycles. The molecule has 0 bridgehead atoms. The van der Waals surface area contributed by atoms with Crippen molar-refractivity contribution in [1.29, 1.82) is 0 Å². The quantitative estimate of drug-likeness (QED) is 0.781. The SMILES string of the molecule is CCC(CC)(NC(=O)C=Cc1ccc(Cl)c(Cl)c1)C(=O)O. The van der Waals surface area contributed by atoms with Crippen molar-refractivity contribution in [3.63, 3.8) is 0 Å². The second-order valence-corrected chi connectivity index (χ2v) is 5.40. The van der Waals surface area contributed by atoms with Crippen molar-refractivity contribution in [2.45, 2.75) is 32.2 Å². The Balaban J connectivity index is 2.82. The summed E-state index contributed by atoms with van der Waals surface area (Å²) < 4.78 is 0. The molecule has 114 valence electrons. The fraction of sp³-hybridized carbons (Fsp3) is 0.333. The molecule has 0 spiro atoms. The van der Waals surface area contributed by atoms with Gasteiger partial charge in [0.05, 0.1) is 10.0 Å². The average Bonchev–Trinajstić information content (AvgIpc) is 2.45. The Kier molecular flexibility index (Phi) is 6.24. The number of nitrogens with one attached hydrogen (secondary N) is 1. The Morgan fingerprint density at radius 3 is 2.33 bits per heavy atom. The molecule has 0 aliphatic carbocycles. The van der Waals surface area contributed by atoms with Crippen molar-refractivity contribution in [1.82, 2.24) is 5.32 Å². The minimum absolute atomic E-state index is 0.311. The molecule has 0 saturated heterocycles. The molecule has 1 rings (SSSR count). The molecule has 0 aliphatic rings. The zero-order valence-electron chi connectivity index (χ0n) is 11.8. The third kappa shape index (κ3) is 4.48. The molecule has 0 saturated carbocycles. The van der Waals surface area contributed by atoms with Gasteiger partial charge in [-0.1, -0.05) is 43.1 Å². The summed E-state index contributed by atoms with van der Waals surface area (Å²) in [7, 11) is 0. The van der Waals surface area contributed by atoms with Crippen LogP contribution in [0.15, 0.2) is 24.3 Å². The number of halogens is 2. The molecule has 0 radical (unpaired) electrons. The van der Waals surface area contributed by atoms with E-state index in [1.54, 1.807) is 38.1 Å². The minimum atomic E-state index is -1.24. The predicted octanol–water partition coefficient (Wildman–Crippen LogP) is 3.77. The predicted molar refractivity (Wildman–Crippen MR) is 84.6 cm³/mol. The summed E-state index contributed by atoms with van der Waals surface area (Å²) in [6.07, 6.45) is 3.45. The van der Waals surface area contributed by atoms with Gasteiger partial charge in [-0.3, -0.25) is 4.79 Å². The molecule has 0 atom stereocenters. The number of aliphatic carboxylic acids is 1. The standard InChI is InChI=1S/C15H17Cl2NO3/c1-3-15(4-2,14(20)21)18-13(19)8-6-10-5-7-11(16)12(17)9-10/h5-9H,3-4H2,1-2H3,(H,18,19)(H,20,21). The normalized spacial score (nSPS) is 11.6. The van der Waals surface area contributed by atoms with Crippen LogP contribution in [-0.4, -0.2) is 22.5 Å². The lowest BCUT2D eigenvalue weighted by Crippen LogP contribution is -2.53. The van der Waals surface area contributed by atoms with Gasteiger partial charge in [0.25, 0.3) is 0 Å². The Labute approximate surface area is 133 Å². The van der Waals surface area contributed by atoms with Crippen LogP contribution in [0.3, 0.4) is 0 Å². The van der Waals surface area contributed by atoms with Crippen LogP contribution >= 0.6 is 23.2 Å². The number of carbonyl (C=O) groups is 2. The van der Waals surface area contributed by atoms with Crippen molar-refractivity contribution >= 4 is 41.2 Å². The van der Waals surface area contributed by atoms with Gasteiger partial charge >= 0.3 is 5.97 Å². The van der Waals surface area contributed by atoms with Gasteiger partial charge in [-0.2, -0.15) is 0 Å². The molecule has 0 fully saturated rings. The number of hydrogen-bond donors (Lipinski definition) is 2. The van der Waals surface area contributed by atoms with Crippen LogP contribution in [0, 0.1) is 0 Å². The number of carbonyl (C=O) groups excluding carboxylic acids is 1. The lowest BCUT2D eigenvalue weighted by molar-refractivity contribution is -0.147. The zero-order valence-corrected chi connectivity index (χ0v) is 13.3. The molecule has 4 nitrogen and oxygen atoms in total. The molecular formula is C15H17Cl2NO3. The summed E-state index contributed by atoms with van der Waals surface area (Å²) in [6.45, 7) is 3.45. The number of rotatable bonds is 6. The van der Waals surface area contributed by atoms with Gasteiger partial charge in [-0.25, -0.2) is 4.79 Å². The first-order chi connectivity index (χ1) is 9.84. The van der Waals surface area contributed by atoms with E-state index in [0.717, 1.165) is 0 Å². The van der Waals surface area contributed by atoms with Crippen molar-refractivity contribution < 1.29 is 14.7 Å². The summed E-state index contributed by atoms with van der Waals surface area (Å²) in [5, 5.41) is 12.6. The van der Waals surface area contributed by atoms with Crippen LogP contribution in [0.4, 0.5) is 0 Å². The summed E-state index contributed by atoms with van der Waals surface area (Å²) in [4.78, 5) is 23.2. The third-order valence-electron chi connectivity index (χ3n) is 3.35. The third-order valence-corrected chi connectivity index (χ3v) is 4.09. The van der Waals surface area contributed by atoms with Crippen molar-refractivity contribution in [2.24, 2.45) is 0 Å². The first-order valence-corrected chi connectivity index (χ1v) is 7.29. The topological polar surface area (TPSA) is 66.4 Å².